The quantitative estimate of drug-likeness (QED) is 0.853. The van der Waals surface area contributed by atoms with Gasteiger partial charge in [-0.2, -0.15) is 4.98 Å². The second kappa shape index (κ2) is 5.95. The van der Waals surface area contributed by atoms with Crippen LogP contribution in [-0.2, 0) is 4.79 Å². The third-order valence-electron chi connectivity index (χ3n) is 3.14. The minimum atomic E-state index is 0.0832. The topological polar surface area (TPSA) is 71.3 Å². The molecule has 6 heteroatoms. The Kier molecular flexibility index (Phi) is 4.30. The molecule has 1 N–H and O–H groups in total. The Bertz CT molecular complexity index is 405. The van der Waals surface area contributed by atoms with Crippen LogP contribution < -0.4 is 5.32 Å². The van der Waals surface area contributed by atoms with Crippen LogP contribution in [0.3, 0.4) is 0 Å². The summed E-state index contributed by atoms with van der Waals surface area (Å²) in [5.74, 6) is 1.72. The number of nitrogens with zero attached hydrogens (tertiary/aromatic N) is 3. The van der Waals surface area contributed by atoms with Crippen LogP contribution in [0.15, 0.2) is 4.52 Å². The van der Waals surface area contributed by atoms with Crippen molar-refractivity contribution in [1.82, 2.24) is 20.4 Å². The predicted octanol–water partition coefficient (Wildman–Crippen LogP) is 0.694. The van der Waals surface area contributed by atoms with Crippen molar-refractivity contribution in [3.8, 4) is 0 Å². The van der Waals surface area contributed by atoms with E-state index < -0.39 is 0 Å². The van der Waals surface area contributed by atoms with Crippen LogP contribution >= 0.6 is 0 Å². The molecule has 1 amide bonds. The Balaban J connectivity index is 1.90. The molecule has 0 radical (unpaired) electrons. The molecule has 1 aromatic rings. The molecule has 0 spiro atoms. The minimum Gasteiger partial charge on any atom is -0.355 e. The van der Waals surface area contributed by atoms with Gasteiger partial charge < -0.3 is 9.84 Å². The summed E-state index contributed by atoms with van der Waals surface area (Å²) in [4.78, 5) is 18.0. The fraction of sp³-hybridized carbons (Fsp3) is 0.750. The van der Waals surface area contributed by atoms with E-state index in [0.717, 1.165) is 25.9 Å². The van der Waals surface area contributed by atoms with Crippen LogP contribution in [0.2, 0.25) is 0 Å². The summed E-state index contributed by atoms with van der Waals surface area (Å²) >= 11 is 0. The smallest absolute Gasteiger partial charge is 0.234 e. The Morgan fingerprint density at radius 3 is 3.11 bits per heavy atom. The zero-order valence-corrected chi connectivity index (χ0v) is 11.0. The number of likely N-dealkylation sites (N-methyl/N-ethyl adjacent to an activating group) is 1. The molecule has 1 aliphatic rings. The lowest BCUT2D eigenvalue weighted by atomic mass is 9.98. The molecule has 2 rings (SSSR count). The standard InChI is InChI=1S/C12H20N4O2/c1-3-13-11(17)8-16-6-4-5-10(7-16)12-14-9(2)15-18-12/h10H,3-8H2,1-2H3,(H,13,17). The first-order chi connectivity index (χ1) is 8.69. The maximum absolute atomic E-state index is 11.6. The van der Waals surface area contributed by atoms with Crippen LogP contribution in [0.1, 0.15) is 37.4 Å². The monoisotopic (exact) mass is 252 g/mol. The summed E-state index contributed by atoms with van der Waals surface area (Å²) in [6, 6.07) is 0. The van der Waals surface area contributed by atoms with Gasteiger partial charge in [-0.1, -0.05) is 5.16 Å². The first-order valence-electron chi connectivity index (χ1n) is 6.48. The molecule has 1 fully saturated rings. The number of nitrogens with one attached hydrogen (secondary N) is 1. The number of likely N-dealkylation sites (tertiary alicyclic amines) is 1. The molecule has 1 aromatic heterocycles. The van der Waals surface area contributed by atoms with Gasteiger partial charge in [0, 0.05) is 13.1 Å². The van der Waals surface area contributed by atoms with E-state index >= 15 is 0 Å². The van der Waals surface area contributed by atoms with Gasteiger partial charge in [-0.3, -0.25) is 9.69 Å². The lowest BCUT2D eigenvalue weighted by molar-refractivity contribution is -0.122. The number of amides is 1. The van der Waals surface area contributed by atoms with Gasteiger partial charge in [-0.05, 0) is 33.2 Å². The average Bonchev–Trinajstić information content (AvgIpc) is 2.76. The Morgan fingerprint density at radius 1 is 1.61 bits per heavy atom. The predicted molar refractivity (Wildman–Crippen MR) is 66.1 cm³/mol. The summed E-state index contributed by atoms with van der Waals surface area (Å²) in [6.07, 6.45) is 2.11. The van der Waals surface area contributed by atoms with E-state index in [-0.39, 0.29) is 11.8 Å². The van der Waals surface area contributed by atoms with Gasteiger partial charge in [0.15, 0.2) is 5.82 Å². The van der Waals surface area contributed by atoms with E-state index in [4.69, 9.17) is 4.52 Å². The molecule has 18 heavy (non-hydrogen) atoms. The maximum Gasteiger partial charge on any atom is 0.234 e. The highest BCUT2D eigenvalue weighted by Crippen LogP contribution is 2.25. The average molecular weight is 252 g/mol. The highest BCUT2D eigenvalue weighted by atomic mass is 16.5. The fourth-order valence-electron chi connectivity index (χ4n) is 2.34. The number of rotatable bonds is 4. The van der Waals surface area contributed by atoms with Crippen molar-refractivity contribution >= 4 is 5.91 Å². The van der Waals surface area contributed by atoms with Gasteiger partial charge in [0.2, 0.25) is 11.8 Å². The Hall–Kier alpha value is -1.43. The van der Waals surface area contributed by atoms with Gasteiger partial charge in [-0.25, -0.2) is 0 Å². The third-order valence-corrected chi connectivity index (χ3v) is 3.14. The Labute approximate surface area is 107 Å². The van der Waals surface area contributed by atoms with Crippen molar-refractivity contribution in [2.45, 2.75) is 32.6 Å². The van der Waals surface area contributed by atoms with Crippen molar-refractivity contribution in [1.29, 1.82) is 0 Å². The SMILES string of the molecule is CCNC(=O)CN1CCCC(c2nc(C)no2)C1. The molecule has 0 aliphatic carbocycles. The van der Waals surface area contributed by atoms with E-state index in [2.05, 4.69) is 20.4 Å². The molecular formula is C12H20N4O2. The van der Waals surface area contributed by atoms with Gasteiger partial charge in [0.05, 0.1) is 12.5 Å². The molecule has 0 saturated carbocycles. The molecule has 2 heterocycles. The first kappa shape index (κ1) is 13.0. The zero-order chi connectivity index (χ0) is 13.0. The molecule has 0 aromatic carbocycles. The van der Waals surface area contributed by atoms with Gasteiger partial charge in [0.25, 0.3) is 0 Å². The van der Waals surface area contributed by atoms with Gasteiger partial charge in [-0.15, -0.1) is 0 Å². The van der Waals surface area contributed by atoms with Crippen molar-refractivity contribution < 1.29 is 9.32 Å². The zero-order valence-electron chi connectivity index (χ0n) is 11.0. The van der Waals surface area contributed by atoms with Gasteiger partial charge >= 0.3 is 0 Å². The summed E-state index contributed by atoms with van der Waals surface area (Å²) in [5.41, 5.74) is 0. The number of aryl methyl sites for hydroxylation is 1. The molecule has 100 valence electrons. The number of hydrogen-bond acceptors (Lipinski definition) is 5. The van der Waals surface area contributed by atoms with Crippen LogP contribution in [0.4, 0.5) is 0 Å². The molecular weight excluding hydrogens is 232 g/mol. The number of piperidine rings is 1. The van der Waals surface area contributed by atoms with Crippen molar-refractivity contribution in [2.75, 3.05) is 26.2 Å². The molecule has 1 aliphatic heterocycles. The van der Waals surface area contributed by atoms with Crippen LogP contribution in [0, 0.1) is 6.92 Å². The molecule has 1 unspecified atom stereocenters. The third kappa shape index (κ3) is 3.29. The lowest BCUT2D eigenvalue weighted by Crippen LogP contribution is -2.42. The second-order valence-corrected chi connectivity index (χ2v) is 4.71. The number of carbonyl (C=O) groups is 1. The Morgan fingerprint density at radius 2 is 2.44 bits per heavy atom. The molecule has 1 atom stereocenters. The van der Waals surface area contributed by atoms with E-state index in [1.54, 1.807) is 0 Å². The van der Waals surface area contributed by atoms with E-state index in [1.165, 1.54) is 0 Å². The summed E-state index contributed by atoms with van der Waals surface area (Å²) in [5, 5.41) is 6.64. The van der Waals surface area contributed by atoms with Gasteiger partial charge in [0.1, 0.15) is 0 Å². The molecule has 0 bridgehead atoms. The van der Waals surface area contributed by atoms with Crippen LogP contribution in [0.5, 0.6) is 0 Å². The van der Waals surface area contributed by atoms with E-state index in [1.807, 2.05) is 13.8 Å². The van der Waals surface area contributed by atoms with E-state index in [0.29, 0.717) is 24.8 Å². The normalized spacial score (nSPS) is 20.9. The maximum atomic E-state index is 11.6. The highest BCUT2D eigenvalue weighted by molar-refractivity contribution is 5.77. The number of aromatic nitrogens is 2. The number of hydrogen-bond donors (Lipinski definition) is 1. The summed E-state index contributed by atoms with van der Waals surface area (Å²) < 4.78 is 5.22. The molecule has 6 nitrogen and oxygen atoms in total. The number of carbonyl (C=O) groups excluding carboxylic acids is 1. The summed E-state index contributed by atoms with van der Waals surface area (Å²) in [7, 11) is 0. The summed E-state index contributed by atoms with van der Waals surface area (Å²) in [6.45, 7) is 6.66. The van der Waals surface area contributed by atoms with Crippen LogP contribution in [-0.4, -0.2) is 47.1 Å². The second-order valence-electron chi connectivity index (χ2n) is 4.71. The largest absolute Gasteiger partial charge is 0.355 e. The van der Waals surface area contributed by atoms with E-state index in [9.17, 15) is 4.79 Å². The fourth-order valence-corrected chi connectivity index (χ4v) is 2.34. The first-order valence-corrected chi connectivity index (χ1v) is 6.48. The van der Waals surface area contributed by atoms with Crippen molar-refractivity contribution in [2.24, 2.45) is 0 Å². The minimum absolute atomic E-state index is 0.0832. The highest BCUT2D eigenvalue weighted by Gasteiger charge is 2.26. The molecule has 1 saturated heterocycles. The van der Waals surface area contributed by atoms with Crippen molar-refractivity contribution in [3.63, 3.8) is 0 Å². The van der Waals surface area contributed by atoms with Crippen LogP contribution in [0.25, 0.3) is 0 Å². The lowest BCUT2D eigenvalue weighted by Gasteiger charge is -2.30. The van der Waals surface area contributed by atoms with Crippen molar-refractivity contribution in [3.05, 3.63) is 11.7 Å².